The van der Waals surface area contributed by atoms with Gasteiger partial charge in [-0.05, 0) is 42.8 Å². The maximum absolute atomic E-state index is 12.9. The molecule has 1 aliphatic heterocycles. The Labute approximate surface area is 173 Å². The zero-order valence-electron chi connectivity index (χ0n) is 16.6. The van der Waals surface area contributed by atoms with Crippen molar-refractivity contribution < 1.29 is 9.53 Å². The van der Waals surface area contributed by atoms with E-state index < -0.39 is 0 Å². The van der Waals surface area contributed by atoms with Crippen LogP contribution in [0.5, 0.6) is 0 Å². The molecule has 7 heteroatoms. The predicted octanol–water partition coefficient (Wildman–Crippen LogP) is 3.31. The van der Waals surface area contributed by atoms with Gasteiger partial charge in [0.15, 0.2) is 0 Å². The van der Waals surface area contributed by atoms with Gasteiger partial charge >= 0.3 is 0 Å². The predicted molar refractivity (Wildman–Crippen MR) is 112 cm³/mol. The monoisotopic (exact) mass is 399 g/mol. The number of hydrogen-bond acceptors (Lipinski definition) is 5. The van der Waals surface area contributed by atoms with Crippen molar-refractivity contribution in [2.75, 3.05) is 19.7 Å². The lowest BCUT2D eigenvalue weighted by atomic mass is 10.1. The number of ether oxygens (including phenoxy) is 1. The molecule has 0 spiro atoms. The fourth-order valence-corrected chi connectivity index (χ4v) is 3.74. The van der Waals surface area contributed by atoms with Crippen LogP contribution in [-0.4, -0.2) is 50.3 Å². The normalized spacial score (nSPS) is 16.7. The molecule has 4 heterocycles. The topological polar surface area (TPSA) is 72.6 Å². The molecule has 0 radical (unpaired) electrons. The van der Waals surface area contributed by atoms with E-state index in [2.05, 4.69) is 15.3 Å². The van der Waals surface area contributed by atoms with Gasteiger partial charge in [-0.3, -0.25) is 9.78 Å². The number of hydrogen-bond donors (Lipinski definition) is 0. The molecule has 1 aromatic carbocycles. The molecule has 4 aromatic rings. The minimum Gasteiger partial charge on any atom is -0.368 e. The van der Waals surface area contributed by atoms with Gasteiger partial charge in [0.25, 0.3) is 5.91 Å². The van der Waals surface area contributed by atoms with Gasteiger partial charge in [-0.1, -0.05) is 29.0 Å². The molecule has 1 fully saturated rings. The van der Waals surface area contributed by atoms with E-state index >= 15 is 0 Å². The summed E-state index contributed by atoms with van der Waals surface area (Å²) in [5, 5.41) is 8.65. The first-order chi connectivity index (χ1) is 14.7. The van der Waals surface area contributed by atoms with Crippen LogP contribution in [0.4, 0.5) is 0 Å². The molecule has 30 heavy (non-hydrogen) atoms. The molecule has 1 aliphatic rings. The van der Waals surface area contributed by atoms with Crippen LogP contribution < -0.4 is 0 Å². The molecule has 1 atom stereocenters. The molecule has 0 bridgehead atoms. The minimum atomic E-state index is -0.308. The van der Waals surface area contributed by atoms with E-state index in [0.29, 0.717) is 25.3 Å². The van der Waals surface area contributed by atoms with Crippen molar-refractivity contribution in [3.8, 4) is 11.1 Å². The Morgan fingerprint density at radius 3 is 2.63 bits per heavy atom. The van der Waals surface area contributed by atoms with Crippen LogP contribution in [0, 0.1) is 6.92 Å². The van der Waals surface area contributed by atoms with E-state index in [1.165, 1.54) is 0 Å². The first kappa shape index (κ1) is 18.4. The molecule has 0 saturated carbocycles. The lowest BCUT2D eigenvalue weighted by Gasteiger charge is -2.32. The van der Waals surface area contributed by atoms with Gasteiger partial charge < -0.3 is 9.64 Å². The number of benzene rings is 1. The van der Waals surface area contributed by atoms with Gasteiger partial charge in [0, 0.05) is 36.3 Å². The minimum absolute atomic E-state index is 0.0137. The zero-order valence-corrected chi connectivity index (χ0v) is 16.6. The van der Waals surface area contributed by atoms with Crippen molar-refractivity contribution >= 4 is 11.4 Å². The van der Waals surface area contributed by atoms with Gasteiger partial charge in [0.05, 0.1) is 18.7 Å². The van der Waals surface area contributed by atoms with E-state index in [9.17, 15) is 4.79 Å². The molecular formula is C23H21N5O2. The number of carbonyl (C=O) groups is 1. The highest BCUT2D eigenvalue weighted by atomic mass is 16.5. The van der Waals surface area contributed by atoms with Gasteiger partial charge in [0.2, 0.25) is 0 Å². The molecule has 7 nitrogen and oxygen atoms in total. The zero-order chi connectivity index (χ0) is 20.5. The van der Waals surface area contributed by atoms with Gasteiger partial charge in [0.1, 0.15) is 11.8 Å². The Morgan fingerprint density at radius 1 is 1.03 bits per heavy atom. The van der Waals surface area contributed by atoms with Crippen LogP contribution in [-0.2, 0) is 4.74 Å². The third kappa shape index (κ3) is 3.44. The number of aryl methyl sites for hydroxylation is 1. The lowest BCUT2D eigenvalue weighted by molar-refractivity contribution is -0.0241. The molecule has 0 N–H and O–H groups in total. The number of amides is 1. The molecule has 0 unspecified atom stereocenters. The molecule has 0 aliphatic carbocycles. The van der Waals surface area contributed by atoms with E-state index in [0.717, 1.165) is 27.9 Å². The Morgan fingerprint density at radius 2 is 1.83 bits per heavy atom. The smallest absolute Gasteiger partial charge is 0.254 e. The Kier molecular flexibility index (Phi) is 4.72. The van der Waals surface area contributed by atoms with Crippen molar-refractivity contribution in [2.24, 2.45) is 0 Å². The van der Waals surface area contributed by atoms with Crippen molar-refractivity contribution in [3.63, 3.8) is 0 Å². The first-order valence-corrected chi connectivity index (χ1v) is 9.92. The van der Waals surface area contributed by atoms with Crippen LogP contribution in [0.1, 0.15) is 27.7 Å². The average Bonchev–Trinajstić information content (AvgIpc) is 3.23. The molecule has 1 saturated heterocycles. The number of nitrogens with zero attached hydrogens (tertiary/aromatic N) is 5. The number of aromatic nitrogens is 4. The lowest BCUT2D eigenvalue weighted by Crippen LogP contribution is -2.42. The fourth-order valence-electron chi connectivity index (χ4n) is 3.74. The number of pyridine rings is 2. The molecule has 1 amide bonds. The van der Waals surface area contributed by atoms with Gasteiger partial charge in [-0.2, -0.15) is 0 Å². The Balaban J connectivity index is 1.39. The summed E-state index contributed by atoms with van der Waals surface area (Å²) in [6.07, 6.45) is 5.17. The SMILES string of the molecule is Cc1ccc(C(=O)N2CCO[C@H](c3nnn4cc(-c5ccncc5)ccc34)C2)cc1. The molecule has 3 aromatic heterocycles. The maximum Gasteiger partial charge on any atom is 0.254 e. The maximum atomic E-state index is 12.9. The summed E-state index contributed by atoms with van der Waals surface area (Å²) in [5.41, 5.74) is 5.54. The summed E-state index contributed by atoms with van der Waals surface area (Å²) in [4.78, 5) is 18.8. The first-order valence-electron chi connectivity index (χ1n) is 9.92. The average molecular weight is 399 g/mol. The van der Waals surface area contributed by atoms with Crippen LogP contribution in [0.15, 0.2) is 67.1 Å². The highest BCUT2D eigenvalue weighted by Crippen LogP contribution is 2.27. The number of morpholine rings is 1. The summed E-state index contributed by atoms with van der Waals surface area (Å²) in [5.74, 6) is 0.0137. The van der Waals surface area contributed by atoms with Crippen molar-refractivity contribution in [2.45, 2.75) is 13.0 Å². The summed E-state index contributed by atoms with van der Waals surface area (Å²) in [6, 6.07) is 15.6. The van der Waals surface area contributed by atoms with E-state index in [-0.39, 0.29) is 12.0 Å². The van der Waals surface area contributed by atoms with Gasteiger partial charge in [-0.15, -0.1) is 5.10 Å². The van der Waals surface area contributed by atoms with Gasteiger partial charge in [-0.25, -0.2) is 4.52 Å². The van der Waals surface area contributed by atoms with Crippen LogP contribution in [0.2, 0.25) is 0 Å². The third-order valence-corrected chi connectivity index (χ3v) is 5.41. The molecule has 5 rings (SSSR count). The summed E-state index contributed by atoms with van der Waals surface area (Å²) in [6.45, 7) is 3.49. The van der Waals surface area contributed by atoms with Crippen LogP contribution in [0.25, 0.3) is 16.6 Å². The number of carbonyl (C=O) groups excluding carboxylic acids is 1. The van der Waals surface area contributed by atoms with E-state index in [1.54, 1.807) is 16.9 Å². The van der Waals surface area contributed by atoms with Crippen molar-refractivity contribution in [1.29, 1.82) is 0 Å². The Hall–Kier alpha value is -3.58. The number of fused-ring (bicyclic) bond motifs is 1. The molecule has 150 valence electrons. The summed E-state index contributed by atoms with van der Waals surface area (Å²) < 4.78 is 7.72. The highest BCUT2D eigenvalue weighted by Gasteiger charge is 2.29. The second-order valence-corrected chi connectivity index (χ2v) is 7.43. The standard InChI is InChI=1S/C23H21N5O2/c1-16-2-4-18(5-3-16)23(29)27-12-13-30-21(15-27)22-20-7-6-19(14-28(20)26-25-22)17-8-10-24-11-9-17/h2-11,14,21H,12-13,15H2,1H3/t21-/m0/s1. The van der Waals surface area contributed by atoms with E-state index in [4.69, 9.17) is 4.74 Å². The summed E-state index contributed by atoms with van der Waals surface area (Å²) in [7, 11) is 0. The van der Waals surface area contributed by atoms with Crippen molar-refractivity contribution in [1.82, 2.24) is 24.7 Å². The second kappa shape index (κ2) is 7.68. The molecular weight excluding hydrogens is 378 g/mol. The van der Waals surface area contributed by atoms with Crippen LogP contribution in [0.3, 0.4) is 0 Å². The summed E-state index contributed by atoms with van der Waals surface area (Å²) >= 11 is 0. The van der Waals surface area contributed by atoms with Crippen molar-refractivity contribution in [3.05, 3.63) is 83.9 Å². The fraction of sp³-hybridized carbons (Fsp3) is 0.217. The largest absolute Gasteiger partial charge is 0.368 e. The highest BCUT2D eigenvalue weighted by molar-refractivity contribution is 5.94. The number of rotatable bonds is 3. The van der Waals surface area contributed by atoms with E-state index in [1.807, 2.05) is 66.6 Å². The Bertz CT molecular complexity index is 1190. The quantitative estimate of drug-likeness (QED) is 0.528. The third-order valence-electron chi connectivity index (χ3n) is 5.41. The van der Waals surface area contributed by atoms with Crippen LogP contribution >= 0.6 is 0 Å². The second-order valence-electron chi connectivity index (χ2n) is 7.43.